The molecule has 90 valence electrons. The third kappa shape index (κ3) is 3.06. The first-order chi connectivity index (χ1) is 7.56. The molecule has 0 bridgehead atoms. The summed E-state index contributed by atoms with van der Waals surface area (Å²) >= 11 is 0. The second kappa shape index (κ2) is 5.65. The number of ether oxygens (including phenoxy) is 1. The Morgan fingerprint density at radius 2 is 2.25 bits per heavy atom. The molecule has 0 unspecified atom stereocenters. The van der Waals surface area contributed by atoms with E-state index in [1.54, 1.807) is 0 Å². The van der Waals surface area contributed by atoms with Crippen molar-refractivity contribution in [3.63, 3.8) is 0 Å². The van der Waals surface area contributed by atoms with Crippen molar-refractivity contribution in [2.45, 2.75) is 39.7 Å². The minimum Gasteiger partial charge on any atom is -0.475 e. The highest BCUT2D eigenvalue weighted by atomic mass is 16.5. The first-order valence-electron chi connectivity index (χ1n) is 5.36. The molecule has 0 saturated heterocycles. The third-order valence-corrected chi connectivity index (χ3v) is 2.01. The summed E-state index contributed by atoms with van der Waals surface area (Å²) < 4.78 is 10.4. The number of hydrogen-bond donors (Lipinski definition) is 1. The summed E-state index contributed by atoms with van der Waals surface area (Å²) in [6.45, 7) is 6.59. The lowest BCUT2D eigenvalue weighted by molar-refractivity contribution is 0.0644. The van der Waals surface area contributed by atoms with Gasteiger partial charge in [0.15, 0.2) is 0 Å². The first kappa shape index (κ1) is 12.7. The zero-order chi connectivity index (χ0) is 12.1. The van der Waals surface area contributed by atoms with E-state index >= 15 is 0 Å². The van der Waals surface area contributed by atoms with Crippen LogP contribution in [0, 0.1) is 0 Å². The van der Waals surface area contributed by atoms with Gasteiger partial charge in [-0.15, -0.1) is 0 Å². The van der Waals surface area contributed by atoms with E-state index in [1.807, 2.05) is 20.8 Å². The summed E-state index contributed by atoms with van der Waals surface area (Å²) in [5, 5.41) is 8.92. The lowest BCUT2D eigenvalue weighted by Crippen LogP contribution is -2.01. The van der Waals surface area contributed by atoms with Crippen molar-refractivity contribution in [1.82, 2.24) is 4.98 Å². The largest absolute Gasteiger partial charge is 0.475 e. The van der Waals surface area contributed by atoms with E-state index in [-0.39, 0.29) is 18.3 Å². The second-order valence-corrected chi connectivity index (χ2v) is 3.83. The Hall–Kier alpha value is -1.36. The number of nitrogens with zero attached hydrogens (tertiary/aromatic N) is 1. The molecule has 0 aliphatic heterocycles. The molecule has 1 aromatic rings. The lowest BCUT2D eigenvalue weighted by Gasteiger charge is -1.98. The van der Waals surface area contributed by atoms with Crippen LogP contribution < -0.4 is 0 Å². The quantitative estimate of drug-likeness (QED) is 0.755. The summed E-state index contributed by atoms with van der Waals surface area (Å²) in [5.74, 6) is -0.813. The van der Waals surface area contributed by atoms with E-state index in [0.29, 0.717) is 18.2 Å². The van der Waals surface area contributed by atoms with Gasteiger partial charge in [0.05, 0.1) is 5.69 Å². The summed E-state index contributed by atoms with van der Waals surface area (Å²) in [6, 6.07) is 0. The fourth-order valence-electron chi connectivity index (χ4n) is 1.29. The van der Waals surface area contributed by atoms with E-state index in [1.165, 1.54) is 0 Å². The first-order valence-corrected chi connectivity index (χ1v) is 5.36. The van der Waals surface area contributed by atoms with Crippen molar-refractivity contribution in [3.05, 3.63) is 17.3 Å². The van der Waals surface area contributed by atoms with E-state index in [2.05, 4.69) is 4.98 Å². The molecule has 0 radical (unpaired) electrons. The van der Waals surface area contributed by atoms with Gasteiger partial charge in [-0.3, -0.25) is 0 Å². The average molecular weight is 227 g/mol. The van der Waals surface area contributed by atoms with Gasteiger partial charge in [-0.2, -0.15) is 0 Å². The number of oxazole rings is 1. The lowest BCUT2D eigenvalue weighted by atomic mass is 10.1. The number of aromatic carboxylic acids is 1. The Labute approximate surface area is 94.4 Å². The molecular weight excluding hydrogens is 210 g/mol. The highest BCUT2D eigenvalue weighted by Gasteiger charge is 2.21. The van der Waals surface area contributed by atoms with Crippen LogP contribution in [0.2, 0.25) is 0 Å². The highest BCUT2D eigenvalue weighted by Crippen LogP contribution is 2.20. The van der Waals surface area contributed by atoms with Crippen LogP contribution in [0.25, 0.3) is 0 Å². The molecule has 1 heterocycles. The number of carbonyl (C=O) groups is 1. The second-order valence-electron chi connectivity index (χ2n) is 3.83. The molecule has 0 aromatic carbocycles. The van der Waals surface area contributed by atoms with Gasteiger partial charge in [0.1, 0.15) is 6.61 Å². The maximum absolute atomic E-state index is 10.9. The molecule has 1 rings (SSSR count). The highest BCUT2D eigenvalue weighted by molar-refractivity contribution is 5.85. The summed E-state index contributed by atoms with van der Waals surface area (Å²) in [6.07, 6.45) is 0.906. The maximum atomic E-state index is 10.9. The Bertz CT molecular complexity index is 357. The molecule has 0 spiro atoms. The molecule has 0 atom stereocenters. The van der Waals surface area contributed by atoms with E-state index in [4.69, 9.17) is 14.3 Å². The predicted molar refractivity (Wildman–Crippen MR) is 57.5 cm³/mol. The van der Waals surface area contributed by atoms with Gasteiger partial charge in [0.2, 0.25) is 11.7 Å². The van der Waals surface area contributed by atoms with Gasteiger partial charge in [-0.05, 0) is 12.3 Å². The molecule has 16 heavy (non-hydrogen) atoms. The van der Waals surface area contributed by atoms with E-state index < -0.39 is 5.97 Å². The molecular formula is C11H17NO4. The van der Waals surface area contributed by atoms with Gasteiger partial charge in [-0.25, -0.2) is 9.78 Å². The molecule has 1 N–H and O–H groups in total. The number of carboxylic acids is 1. The summed E-state index contributed by atoms with van der Waals surface area (Å²) in [7, 11) is 0. The van der Waals surface area contributed by atoms with Crippen LogP contribution >= 0.6 is 0 Å². The molecule has 0 aliphatic rings. The zero-order valence-electron chi connectivity index (χ0n) is 9.82. The van der Waals surface area contributed by atoms with Crippen LogP contribution in [0.5, 0.6) is 0 Å². The third-order valence-electron chi connectivity index (χ3n) is 2.01. The predicted octanol–water partition coefficient (Wildman–Crippen LogP) is 2.42. The van der Waals surface area contributed by atoms with Gasteiger partial charge >= 0.3 is 5.97 Å². The van der Waals surface area contributed by atoms with E-state index in [9.17, 15) is 4.79 Å². The summed E-state index contributed by atoms with van der Waals surface area (Å²) in [5.41, 5.74) is 0.475. The number of hydrogen-bond acceptors (Lipinski definition) is 4. The van der Waals surface area contributed by atoms with Crippen LogP contribution in [-0.2, 0) is 11.3 Å². The molecule has 0 aliphatic carbocycles. The van der Waals surface area contributed by atoms with Crippen molar-refractivity contribution in [3.8, 4) is 0 Å². The minimum atomic E-state index is -1.09. The summed E-state index contributed by atoms with van der Waals surface area (Å²) in [4.78, 5) is 15.0. The van der Waals surface area contributed by atoms with Crippen molar-refractivity contribution < 1.29 is 19.1 Å². The Morgan fingerprint density at radius 1 is 1.56 bits per heavy atom. The van der Waals surface area contributed by atoms with Crippen LogP contribution in [0.15, 0.2) is 4.42 Å². The van der Waals surface area contributed by atoms with Crippen molar-refractivity contribution in [2.75, 3.05) is 6.61 Å². The minimum absolute atomic E-state index is 0.0229. The molecule has 5 nitrogen and oxygen atoms in total. The smallest absolute Gasteiger partial charge is 0.373 e. The van der Waals surface area contributed by atoms with Crippen LogP contribution in [-0.4, -0.2) is 22.7 Å². The molecule has 5 heteroatoms. The SMILES string of the molecule is CCCOCc1nc(C(C)C)c(C(=O)O)o1. The molecule has 0 fully saturated rings. The van der Waals surface area contributed by atoms with Crippen LogP contribution in [0.1, 0.15) is 55.2 Å². The zero-order valence-corrected chi connectivity index (χ0v) is 9.82. The normalized spacial score (nSPS) is 11.0. The van der Waals surface area contributed by atoms with Gasteiger partial charge < -0.3 is 14.3 Å². The Morgan fingerprint density at radius 3 is 2.69 bits per heavy atom. The van der Waals surface area contributed by atoms with E-state index in [0.717, 1.165) is 6.42 Å². The number of carboxylic acid groups (broad SMARTS) is 1. The van der Waals surface area contributed by atoms with Gasteiger partial charge in [0, 0.05) is 6.61 Å². The van der Waals surface area contributed by atoms with Crippen LogP contribution in [0.4, 0.5) is 0 Å². The van der Waals surface area contributed by atoms with Gasteiger partial charge in [0.25, 0.3) is 0 Å². The fourth-order valence-corrected chi connectivity index (χ4v) is 1.29. The topological polar surface area (TPSA) is 72.6 Å². The van der Waals surface area contributed by atoms with Crippen molar-refractivity contribution >= 4 is 5.97 Å². The standard InChI is InChI=1S/C11H17NO4/c1-4-5-15-6-8-12-9(7(2)3)10(16-8)11(13)14/h7H,4-6H2,1-3H3,(H,13,14). The van der Waals surface area contributed by atoms with Gasteiger partial charge in [-0.1, -0.05) is 20.8 Å². The van der Waals surface area contributed by atoms with Crippen LogP contribution in [0.3, 0.4) is 0 Å². The number of rotatable bonds is 6. The van der Waals surface area contributed by atoms with Crippen molar-refractivity contribution in [2.24, 2.45) is 0 Å². The number of aromatic nitrogens is 1. The average Bonchev–Trinajstić information content (AvgIpc) is 2.62. The molecule has 1 aromatic heterocycles. The monoisotopic (exact) mass is 227 g/mol. The Kier molecular flexibility index (Phi) is 4.49. The Balaban J connectivity index is 2.80. The molecule has 0 amide bonds. The van der Waals surface area contributed by atoms with Crippen molar-refractivity contribution in [1.29, 1.82) is 0 Å². The maximum Gasteiger partial charge on any atom is 0.373 e. The fraction of sp³-hybridized carbons (Fsp3) is 0.636. The molecule has 0 saturated carbocycles.